The Morgan fingerprint density at radius 3 is 1.80 bits per heavy atom. The normalized spacial score (nSPS) is 3.60. The Bertz CT molecular complexity index is 15.1. The fraction of sp³-hybridized carbons (Fsp3) is 0.500. The lowest BCUT2D eigenvalue weighted by Crippen LogP contribution is -1.49. The van der Waals surface area contributed by atoms with Gasteiger partial charge in [0.1, 0.15) is 0 Å². The van der Waals surface area contributed by atoms with E-state index in [-0.39, 0.29) is 6.47 Å². The molecule has 0 radical (unpaired) electrons. The molecule has 32 valence electrons. The molecule has 0 bridgehead atoms. The molecule has 0 rings (SSSR count). The van der Waals surface area contributed by atoms with Crippen molar-refractivity contribution in [3.63, 3.8) is 0 Å². The molecular weight excluding hydrogens is 88.1 g/mol. The Kier molecular flexibility index (Phi) is 79.9. The molecule has 1 N–H and O–H groups in total. The van der Waals surface area contributed by atoms with Gasteiger partial charge in [0, 0.05) is 0 Å². The highest BCUT2D eigenvalue weighted by molar-refractivity contribution is 7.79. The van der Waals surface area contributed by atoms with E-state index in [0.717, 1.165) is 0 Å². The Labute approximate surface area is 36.2 Å². The highest BCUT2D eigenvalue weighted by atomic mass is 32.1. The molecule has 0 aromatic carbocycles. The average Bonchev–Trinajstić information content (AvgIpc) is 1.46. The minimum Gasteiger partial charge on any atom is -0.483 e. The van der Waals surface area contributed by atoms with Crippen LogP contribution in [0.3, 0.4) is 0 Å². The molecule has 0 saturated heterocycles. The summed E-state index contributed by atoms with van der Waals surface area (Å²) in [5, 5.41) is 6.89. The molecule has 0 aliphatic heterocycles. The lowest BCUT2D eigenvalue weighted by Gasteiger charge is -1.34. The van der Waals surface area contributed by atoms with Crippen LogP contribution in [-0.2, 0) is 4.79 Å². The zero-order chi connectivity index (χ0) is 4.71. The van der Waals surface area contributed by atoms with Crippen molar-refractivity contribution in [1.82, 2.24) is 0 Å². The van der Waals surface area contributed by atoms with Crippen LogP contribution in [0.2, 0.25) is 0 Å². The third-order valence-corrected chi connectivity index (χ3v) is 0. The van der Waals surface area contributed by atoms with Crippen LogP contribution in [-0.4, -0.2) is 17.8 Å². The summed E-state index contributed by atoms with van der Waals surface area (Å²) in [6.45, 7) is -0.250. The Balaban J connectivity index is 0. The summed E-state index contributed by atoms with van der Waals surface area (Å²) in [5.41, 5.74) is 0. The molecule has 3 heteroatoms. The maximum absolute atomic E-state index is 8.36. The van der Waals surface area contributed by atoms with E-state index >= 15 is 0 Å². The van der Waals surface area contributed by atoms with Gasteiger partial charge in [0.25, 0.3) is 6.47 Å². The Morgan fingerprint density at radius 1 is 1.80 bits per heavy atom. The van der Waals surface area contributed by atoms with E-state index in [1.807, 2.05) is 0 Å². The number of carbonyl (C=O) groups is 1. The van der Waals surface area contributed by atoms with Gasteiger partial charge in [0.05, 0.1) is 0 Å². The minimum absolute atomic E-state index is 0.250. The van der Waals surface area contributed by atoms with Crippen molar-refractivity contribution < 1.29 is 9.90 Å². The van der Waals surface area contributed by atoms with Crippen molar-refractivity contribution in [1.29, 1.82) is 0 Å². The molecule has 0 amide bonds. The van der Waals surface area contributed by atoms with Crippen LogP contribution < -0.4 is 0 Å². The molecule has 0 aliphatic rings. The molecule has 2 nitrogen and oxygen atoms in total. The van der Waals surface area contributed by atoms with Crippen molar-refractivity contribution in [3.8, 4) is 0 Å². The van der Waals surface area contributed by atoms with Gasteiger partial charge in [-0.2, -0.15) is 12.6 Å². The predicted molar refractivity (Wildman–Crippen MR) is 23.6 cm³/mol. The van der Waals surface area contributed by atoms with Crippen LogP contribution in [0.5, 0.6) is 0 Å². The van der Waals surface area contributed by atoms with Gasteiger partial charge in [0.15, 0.2) is 0 Å². The van der Waals surface area contributed by atoms with Gasteiger partial charge in [-0.15, -0.1) is 0 Å². The van der Waals surface area contributed by atoms with E-state index in [9.17, 15) is 0 Å². The third-order valence-electron chi connectivity index (χ3n) is 0. The van der Waals surface area contributed by atoms with Crippen LogP contribution in [0.4, 0.5) is 0 Å². The fourth-order valence-corrected chi connectivity index (χ4v) is 0. The lowest BCUT2D eigenvalue weighted by atomic mass is 11.7. The van der Waals surface area contributed by atoms with Gasteiger partial charge < -0.3 is 5.11 Å². The third kappa shape index (κ3) is 391. The summed E-state index contributed by atoms with van der Waals surface area (Å²) >= 11 is 3.53. The van der Waals surface area contributed by atoms with Crippen LogP contribution in [0.1, 0.15) is 0 Å². The molecule has 0 aromatic rings. The molecule has 0 aromatic heterocycles. The quantitative estimate of drug-likeness (QED) is 0.333. The number of hydrogen-bond donors (Lipinski definition) is 2. The topological polar surface area (TPSA) is 37.3 Å². The number of thiol groups is 1. The van der Waals surface area contributed by atoms with Crippen molar-refractivity contribution in [2.75, 3.05) is 6.26 Å². The van der Waals surface area contributed by atoms with Crippen LogP contribution in [0.15, 0.2) is 0 Å². The predicted octanol–water partition coefficient (Wildman–Crippen LogP) is 0.247. The molecule has 0 heterocycles. The molecular formula is C2H6O2S. The number of carboxylic acid groups (broad SMARTS) is 1. The maximum atomic E-state index is 8.36. The van der Waals surface area contributed by atoms with E-state index in [1.54, 1.807) is 6.26 Å². The van der Waals surface area contributed by atoms with Crippen LogP contribution in [0, 0.1) is 0 Å². The largest absolute Gasteiger partial charge is 0.483 e. The van der Waals surface area contributed by atoms with Crippen molar-refractivity contribution >= 4 is 19.1 Å². The van der Waals surface area contributed by atoms with E-state index < -0.39 is 0 Å². The summed E-state index contributed by atoms with van der Waals surface area (Å²) in [7, 11) is 0. The standard InChI is InChI=1S/CH2O2.CH4S/c2-1-3;1-2/h1H,(H,2,3);2H,1H3. The molecule has 0 aliphatic carbocycles. The molecule has 0 unspecified atom stereocenters. The first-order valence-corrected chi connectivity index (χ1v) is 1.84. The first-order valence-electron chi connectivity index (χ1n) is 0.941. The molecule has 0 saturated carbocycles. The average molecular weight is 94.1 g/mol. The molecule has 0 fully saturated rings. The molecule has 0 spiro atoms. The van der Waals surface area contributed by atoms with Crippen molar-refractivity contribution in [2.24, 2.45) is 0 Å². The second-order valence-corrected chi connectivity index (χ2v) is 0.105. The van der Waals surface area contributed by atoms with Crippen molar-refractivity contribution in [3.05, 3.63) is 0 Å². The van der Waals surface area contributed by atoms with Gasteiger partial charge >= 0.3 is 0 Å². The first-order chi connectivity index (χ1) is 2.41. The van der Waals surface area contributed by atoms with Crippen LogP contribution in [0.25, 0.3) is 0 Å². The van der Waals surface area contributed by atoms with Crippen LogP contribution >= 0.6 is 12.6 Å². The van der Waals surface area contributed by atoms with Gasteiger partial charge in [-0.25, -0.2) is 0 Å². The Morgan fingerprint density at radius 2 is 1.80 bits per heavy atom. The zero-order valence-corrected chi connectivity index (χ0v) is 3.77. The SMILES string of the molecule is CS.O=CO. The zero-order valence-electron chi connectivity index (χ0n) is 2.88. The number of hydrogen-bond acceptors (Lipinski definition) is 2. The van der Waals surface area contributed by atoms with Gasteiger partial charge in [-0.3, -0.25) is 4.79 Å². The second kappa shape index (κ2) is 45.2. The molecule has 0 atom stereocenters. The second-order valence-electron chi connectivity index (χ2n) is 0.105. The summed E-state index contributed by atoms with van der Waals surface area (Å²) < 4.78 is 0. The highest BCUT2D eigenvalue weighted by Crippen LogP contribution is 1.31. The smallest absolute Gasteiger partial charge is 0.290 e. The van der Waals surface area contributed by atoms with E-state index in [2.05, 4.69) is 12.6 Å². The summed E-state index contributed by atoms with van der Waals surface area (Å²) in [4.78, 5) is 8.36. The van der Waals surface area contributed by atoms with Crippen molar-refractivity contribution in [2.45, 2.75) is 0 Å². The van der Waals surface area contributed by atoms with E-state index in [4.69, 9.17) is 9.90 Å². The highest BCUT2D eigenvalue weighted by Gasteiger charge is 1.22. The summed E-state index contributed by atoms with van der Waals surface area (Å²) in [6.07, 6.45) is 1.69. The Hall–Kier alpha value is -0.180. The van der Waals surface area contributed by atoms with Gasteiger partial charge in [-0.05, 0) is 6.26 Å². The summed E-state index contributed by atoms with van der Waals surface area (Å²) in [5.74, 6) is 0. The first kappa shape index (κ1) is 8.84. The monoisotopic (exact) mass is 94.0 g/mol. The van der Waals surface area contributed by atoms with Gasteiger partial charge in [0.2, 0.25) is 0 Å². The lowest BCUT2D eigenvalue weighted by molar-refractivity contribution is -0.122. The molecule has 5 heavy (non-hydrogen) atoms. The fourth-order valence-electron chi connectivity index (χ4n) is 0. The van der Waals surface area contributed by atoms with E-state index in [0.29, 0.717) is 0 Å². The van der Waals surface area contributed by atoms with Gasteiger partial charge in [-0.1, -0.05) is 0 Å². The number of rotatable bonds is 0. The minimum atomic E-state index is -0.250. The maximum Gasteiger partial charge on any atom is 0.290 e. The van der Waals surface area contributed by atoms with E-state index in [1.165, 1.54) is 0 Å². The summed E-state index contributed by atoms with van der Waals surface area (Å²) in [6, 6.07) is 0.